The summed E-state index contributed by atoms with van der Waals surface area (Å²) < 4.78 is 7.13. The minimum absolute atomic E-state index is 0.110. The number of aromatic nitrogens is 2. The molecule has 0 aliphatic rings. The maximum absolute atomic E-state index is 13.0. The van der Waals surface area contributed by atoms with E-state index in [9.17, 15) is 9.59 Å². The van der Waals surface area contributed by atoms with Crippen LogP contribution in [0.5, 0.6) is 0 Å². The van der Waals surface area contributed by atoms with Crippen LogP contribution in [0.25, 0.3) is 17.1 Å². The first-order valence-corrected chi connectivity index (χ1v) is 10.6. The number of furan rings is 1. The van der Waals surface area contributed by atoms with Crippen LogP contribution in [0.4, 0.5) is 5.69 Å². The number of carbonyl (C=O) groups is 2. The minimum Gasteiger partial charge on any atom is -0.463 e. The summed E-state index contributed by atoms with van der Waals surface area (Å²) in [6.45, 7) is 0. The third kappa shape index (κ3) is 4.82. The average Bonchev–Trinajstić information content (AvgIpc) is 3.43. The highest BCUT2D eigenvalue weighted by Crippen LogP contribution is 2.29. The van der Waals surface area contributed by atoms with Gasteiger partial charge in [-0.15, -0.1) is 11.8 Å². The lowest BCUT2D eigenvalue weighted by Crippen LogP contribution is -2.15. The number of thioether (sulfide) groups is 1. The van der Waals surface area contributed by atoms with Crippen molar-refractivity contribution in [3.05, 3.63) is 83.7 Å². The van der Waals surface area contributed by atoms with Crippen molar-refractivity contribution >= 4 is 40.9 Å². The first-order chi connectivity index (χ1) is 15.0. The molecule has 4 aromatic rings. The van der Waals surface area contributed by atoms with Crippen LogP contribution in [0.1, 0.15) is 10.5 Å². The van der Waals surface area contributed by atoms with Crippen molar-refractivity contribution in [2.24, 2.45) is 5.73 Å². The SMILES string of the molecule is NC(=O)CSc1ccccc1NC(=O)c1cc(-c2ccco2)n(-c2cccc(Cl)c2)n1. The monoisotopic (exact) mass is 452 g/mol. The topological polar surface area (TPSA) is 103 Å². The number of para-hydroxylation sites is 1. The lowest BCUT2D eigenvalue weighted by atomic mass is 10.2. The van der Waals surface area contributed by atoms with E-state index in [1.54, 1.807) is 59.5 Å². The number of amides is 2. The van der Waals surface area contributed by atoms with Crippen LogP contribution < -0.4 is 11.1 Å². The Morgan fingerprint density at radius 3 is 2.68 bits per heavy atom. The summed E-state index contributed by atoms with van der Waals surface area (Å²) >= 11 is 7.39. The Hall–Kier alpha value is -3.49. The molecule has 31 heavy (non-hydrogen) atoms. The molecule has 0 bridgehead atoms. The van der Waals surface area contributed by atoms with Crippen molar-refractivity contribution in [3.8, 4) is 17.1 Å². The van der Waals surface area contributed by atoms with Crippen LogP contribution in [-0.4, -0.2) is 27.3 Å². The Morgan fingerprint density at radius 2 is 1.94 bits per heavy atom. The molecule has 156 valence electrons. The van der Waals surface area contributed by atoms with Crippen molar-refractivity contribution in [3.63, 3.8) is 0 Å². The predicted molar refractivity (Wildman–Crippen MR) is 121 cm³/mol. The number of benzene rings is 2. The van der Waals surface area contributed by atoms with Crippen molar-refractivity contribution in [2.45, 2.75) is 4.90 Å². The average molecular weight is 453 g/mol. The Labute approximate surface area is 187 Å². The van der Waals surface area contributed by atoms with Crippen LogP contribution in [0.15, 0.2) is 82.3 Å². The maximum atomic E-state index is 13.0. The molecule has 9 heteroatoms. The molecule has 0 radical (unpaired) electrons. The zero-order valence-electron chi connectivity index (χ0n) is 16.1. The Balaban J connectivity index is 1.67. The van der Waals surface area contributed by atoms with E-state index in [2.05, 4.69) is 10.4 Å². The smallest absolute Gasteiger partial charge is 0.276 e. The van der Waals surface area contributed by atoms with Crippen LogP contribution in [-0.2, 0) is 4.79 Å². The van der Waals surface area contributed by atoms with Gasteiger partial charge in [0.1, 0.15) is 5.69 Å². The first-order valence-electron chi connectivity index (χ1n) is 9.22. The number of hydrogen-bond acceptors (Lipinski definition) is 5. The highest BCUT2D eigenvalue weighted by atomic mass is 35.5. The number of nitrogens with zero attached hydrogens (tertiary/aromatic N) is 2. The minimum atomic E-state index is -0.436. The van der Waals surface area contributed by atoms with Gasteiger partial charge in [0.15, 0.2) is 11.5 Å². The van der Waals surface area contributed by atoms with E-state index in [4.69, 9.17) is 21.8 Å². The van der Waals surface area contributed by atoms with Gasteiger partial charge in [0, 0.05) is 16.0 Å². The van der Waals surface area contributed by atoms with Crippen LogP contribution in [0, 0.1) is 0 Å². The Morgan fingerprint density at radius 1 is 1.10 bits per heavy atom. The summed E-state index contributed by atoms with van der Waals surface area (Å²) in [5.74, 6) is -0.169. The molecular formula is C22H17ClN4O3S. The van der Waals surface area contributed by atoms with E-state index < -0.39 is 11.8 Å². The number of carbonyl (C=O) groups excluding carboxylic acids is 2. The van der Waals surface area contributed by atoms with Crippen molar-refractivity contribution in [1.82, 2.24) is 9.78 Å². The fraction of sp³-hybridized carbons (Fsp3) is 0.0455. The van der Waals surface area contributed by atoms with Gasteiger partial charge in [-0.2, -0.15) is 5.10 Å². The zero-order valence-corrected chi connectivity index (χ0v) is 17.7. The molecule has 7 nitrogen and oxygen atoms in total. The van der Waals surface area contributed by atoms with E-state index in [-0.39, 0.29) is 11.4 Å². The zero-order chi connectivity index (χ0) is 21.8. The Bertz CT molecular complexity index is 1240. The van der Waals surface area contributed by atoms with Crippen LogP contribution >= 0.6 is 23.4 Å². The third-order valence-corrected chi connectivity index (χ3v) is 5.60. The summed E-state index contributed by atoms with van der Waals surface area (Å²) in [6, 6.07) is 19.5. The highest BCUT2D eigenvalue weighted by Gasteiger charge is 2.19. The van der Waals surface area contributed by atoms with Crippen LogP contribution in [0.2, 0.25) is 5.02 Å². The standard InChI is InChI=1S/C22H17ClN4O3S/c23-14-5-3-6-15(11-14)27-18(19-8-4-10-30-19)12-17(26-27)22(29)25-16-7-1-2-9-20(16)31-13-21(24)28/h1-12H,13H2,(H2,24,28)(H,25,29). The van der Waals surface area contributed by atoms with Gasteiger partial charge in [-0.1, -0.05) is 29.8 Å². The van der Waals surface area contributed by atoms with Gasteiger partial charge in [-0.05, 0) is 42.5 Å². The molecule has 2 aromatic carbocycles. The van der Waals surface area contributed by atoms with Gasteiger partial charge >= 0.3 is 0 Å². The van der Waals surface area contributed by atoms with Gasteiger partial charge < -0.3 is 15.5 Å². The van der Waals surface area contributed by atoms with Crippen molar-refractivity contribution in [1.29, 1.82) is 0 Å². The molecular weight excluding hydrogens is 436 g/mol. The van der Waals surface area contributed by atoms with E-state index in [0.29, 0.717) is 27.9 Å². The molecule has 0 aliphatic heterocycles. The fourth-order valence-corrected chi connectivity index (χ4v) is 3.86. The summed E-state index contributed by atoms with van der Waals surface area (Å²) in [6.07, 6.45) is 1.55. The Kier molecular flexibility index (Phi) is 6.11. The molecule has 0 atom stereocenters. The summed E-state index contributed by atoms with van der Waals surface area (Å²) in [4.78, 5) is 24.8. The molecule has 4 rings (SSSR count). The summed E-state index contributed by atoms with van der Waals surface area (Å²) in [7, 11) is 0. The normalized spacial score (nSPS) is 10.7. The number of nitrogens with one attached hydrogen (secondary N) is 1. The molecule has 2 aromatic heterocycles. The highest BCUT2D eigenvalue weighted by molar-refractivity contribution is 8.00. The van der Waals surface area contributed by atoms with E-state index in [1.807, 2.05) is 18.2 Å². The van der Waals surface area contributed by atoms with Gasteiger partial charge in [0.2, 0.25) is 5.91 Å². The molecule has 3 N–H and O–H groups in total. The quantitative estimate of drug-likeness (QED) is 0.398. The fourth-order valence-electron chi connectivity index (χ4n) is 2.93. The van der Waals surface area contributed by atoms with Crippen LogP contribution in [0.3, 0.4) is 0 Å². The molecule has 0 aliphatic carbocycles. The number of rotatable bonds is 7. The molecule has 0 fully saturated rings. The van der Waals surface area contributed by atoms with Gasteiger partial charge in [-0.25, -0.2) is 4.68 Å². The number of nitrogens with two attached hydrogens (primary N) is 1. The lowest BCUT2D eigenvalue weighted by Gasteiger charge is -2.09. The molecule has 0 saturated heterocycles. The number of anilines is 1. The lowest BCUT2D eigenvalue weighted by molar-refractivity contribution is -0.115. The third-order valence-electron chi connectivity index (χ3n) is 4.27. The second-order valence-corrected chi connectivity index (χ2v) is 7.94. The maximum Gasteiger partial charge on any atom is 0.276 e. The van der Waals surface area contributed by atoms with E-state index in [0.717, 1.165) is 4.90 Å². The van der Waals surface area contributed by atoms with Gasteiger partial charge in [0.05, 0.1) is 23.4 Å². The van der Waals surface area contributed by atoms with Crippen molar-refractivity contribution in [2.75, 3.05) is 11.1 Å². The molecule has 0 unspecified atom stereocenters. The summed E-state index contributed by atoms with van der Waals surface area (Å²) in [5.41, 5.74) is 7.29. The van der Waals surface area contributed by atoms with Gasteiger partial charge in [0.25, 0.3) is 5.91 Å². The first kappa shape index (κ1) is 20.8. The molecule has 2 heterocycles. The van der Waals surface area contributed by atoms with Crippen molar-refractivity contribution < 1.29 is 14.0 Å². The van der Waals surface area contributed by atoms with E-state index in [1.165, 1.54) is 11.8 Å². The largest absolute Gasteiger partial charge is 0.463 e. The van der Waals surface area contributed by atoms with Gasteiger partial charge in [-0.3, -0.25) is 9.59 Å². The number of halogens is 1. The molecule has 0 spiro atoms. The second kappa shape index (κ2) is 9.11. The molecule has 2 amide bonds. The molecule has 0 saturated carbocycles. The second-order valence-electron chi connectivity index (χ2n) is 6.49. The summed E-state index contributed by atoms with van der Waals surface area (Å²) in [5, 5.41) is 7.88. The number of hydrogen-bond donors (Lipinski definition) is 2. The predicted octanol–water partition coefficient (Wildman–Crippen LogP) is 4.62. The van der Waals surface area contributed by atoms with E-state index >= 15 is 0 Å². The number of primary amides is 1.